The Balaban J connectivity index is 1.47. The number of rotatable bonds is 8. The third-order valence-electron chi connectivity index (χ3n) is 5.76. The lowest BCUT2D eigenvalue weighted by Crippen LogP contribution is -2.35. The fourth-order valence-corrected chi connectivity index (χ4v) is 3.85. The average Bonchev–Trinajstić information content (AvgIpc) is 3.26. The zero-order valence-corrected chi connectivity index (χ0v) is 19.5. The van der Waals surface area contributed by atoms with Crippen molar-refractivity contribution in [1.82, 2.24) is 20.1 Å². The van der Waals surface area contributed by atoms with Gasteiger partial charge in [-0.05, 0) is 47.7 Å². The van der Waals surface area contributed by atoms with E-state index in [9.17, 15) is 9.18 Å². The van der Waals surface area contributed by atoms with E-state index in [0.29, 0.717) is 17.9 Å². The second kappa shape index (κ2) is 10.4. The lowest BCUT2D eigenvalue weighted by Gasteiger charge is -2.22. The van der Waals surface area contributed by atoms with Crippen LogP contribution in [0.1, 0.15) is 35.6 Å². The molecule has 2 atom stereocenters. The summed E-state index contributed by atoms with van der Waals surface area (Å²) in [5.74, 6) is -0.119. The summed E-state index contributed by atoms with van der Waals surface area (Å²) in [6.07, 6.45) is 5.38. The fourth-order valence-electron chi connectivity index (χ4n) is 3.85. The Morgan fingerprint density at radius 2 is 1.85 bits per heavy atom. The molecule has 0 spiro atoms. The third kappa shape index (κ3) is 5.55. The molecule has 2 N–H and O–H groups in total. The predicted octanol–water partition coefficient (Wildman–Crippen LogP) is 5.00. The van der Waals surface area contributed by atoms with E-state index in [2.05, 4.69) is 20.7 Å². The molecule has 0 unspecified atom stereocenters. The molecular formula is C27H28FN5O. The van der Waals surface area contributed by atoms with Crippen LogP contribution in [0.15, 0.2) is 79.3 Å². The van der Waals surface area contributed by atoms with Crippen molar-refractivity contribution in [2.75, 3.05) is 11.9 Å². The summed E-state index contributed by atoms with van der Waals surface area (Å²) in [4.78, 5) is 17.6. The highest BCUT2D eigenvalue weighted by Gasteiger charge is 2.22. The van der Waals surface area contributed by atoms with Crippen LogP contribution in [-0.4, -0.2) is 27.2 Å². The SMILES string of the molecule is Cc1ccc([C@@H](C)CN[C@H](C(=O)Nc2ccc(-c3cnn(C)c3)cn2)c2ccccc2)c(F)c1. The van der Waals surface area contributed by atoms with E-state index >= 15 is 0 Å². The van der Waals surface area contributed by atoms with Crippen molar-refractivity contribution in [3.05, 3.63) is 102 Å². The van der Waals surface area contributed by atoms with Crippen LogP contribution in [0.25, 0.3) is 11.1 Å². The summed E-state index contributed by atoms with van der Waals surface area (Å²) in [7, 11) is 1.86. The van der Waals surface area contributed by atoms with Gasteiger partial charge in [0, 0.05) is 37.1 Å². The number of carbonyl (C=O) groups excluding carboxylic acids is 1. The minimum absolute atomic E-state index is 0.114. The Morgan fingerprint density at radius 3 is 2.50 bits per heavy atom. The van der Waals surface area contributed by atoms with E-state index in [1.54, 1.807) is 23.1 Å². The Bertz CT molecular complexity index is 1250. The lowest BCUT2D eigenvalue weighted by atomic mass is 9.98. The summed E-state index contributed by atoms with van der Waals surface area (Å²) >= 11 is 0. The van der Waals surface area contributed by atoms with Gasteiger partial charge in [-0.2, -0.15) is 5.10 Å². The Kier molecular flexibility index (Phi) is 7.13. The molecule has 4 rings (SSSR count). The minimum Gasteiger partial charge on any atom is -0.309 e. The van der Waals surface area contributed by atoms with Crippen LogP contribution in [0.4, 0.5) is 10.2 Å². The standard InChI is InChI=1S/C27H28FN5O/c1-18-9-11-23(24(28)13-18)19(2)14-30-26(20-7-5-4-6-8-20)27(34)32-25-12-10-21(15-29-25)22-16-31-33(3)17-22/h4-13,15-17,19,26,30H,14H2,1-3H3,(H,29,32,34)/t19-,26-/m0/s1. The van der Waals surface area contributed by atoms with Crippen LogP contribution in [0.3, 0.4) is 0 Å². The largest absolute Gasteiger partial charge is 0.309 e. The number of carbonyl (C=O) groups is 1. The number of hydrogen-bond acceptors (Lipinski definition) is 4. The summed E-state index contributed by atoms with van der Waals surface area (Å²) in [5, 5.41) is 10.4. The normalized spacial score (nSPS) is 12.8. The molecule has 2 heterocycles. The zero-order chi connectivity index (χ0) is 24.1. The van der Waals surface area contributed by atoms with Gasteiger partial charge in [0.1, 0.15) is 17.7 Å². The highest BCUT2D eigenvalue weighted by Crippen LogP contribution is 2.23. The van der Waals surface area contributed by atoms with Crippen LogP contribution in [0.5, 0.6) is 0 Å². The Labute approximate surface area is 198 Å². The molecule has 0 aliphatic carbocycles. The second-order valence-corrected chi connectivity index (χ2v) is 8.50. The number of hydrogen-bond donors (Lipinski definition) is 2. The average molecular weight is 458 g/mol. The maximum Gasteiger partial charge on any atom is 0.247 e. The van der Waals surface area contributed by atoms with Gasteiger partial charge in [-0.1, -0.05) is 49.4 Å². The molecule has 1 amide bonds. The van der Waals surface area contributed by atoms with Crippen LogP contribution < -0.4 is 10.6 Å². The van der Waals surface area contributed by atoms with E-state index in [4.69, 9.17) is 0 Å². The lowest BCUT2D eigenvalue weighted by molar-refractivity contribution is -0.118. The van der Waals surface area contributed by atoms with Gasteiger partial charge < -0.3 is 10.6 Å². The Hall–Kier alpha value is -3.84. The quantitative estimate of drug-likeness (QED) is 0.391. The van der Waals surface area contributed by atoms with Gasteiger partial charge in [0.15, 0.2) is 0 Å². The van der Waals surface area contributed by atoms with Gasteiger partial charge in [-0.3, -0.25) is 9.48 Å². The number of halogens is 1. The zero-order valence-electron chi connectivity index (χ0n) is 19.5. The van der Waals surface area contributed by atoms with Crippen LogP contribution in [-0.2, 0) is 11.8 Å². The molecule has 6 nitrogen and oxygen atoms in total. The van der Waals surface area contributed by atoms with Gasteiger partial charge in [-0.15, -0.1) is 0 Å². The predicted molar refractivity (Wildman–Crippen MR) is 132 cm³/mol. The first-order valence-electron chi connectivity index (χ1n) is 11.2. The second-order valence-electron chi connectivity index (χ2n) is 8.50. The van der Waals surface area contributed by atoms with Gasteiger partial charge in [0.05, 0.1) is 6.20 Å². The van der Waals surface area contributed by atoms with Gasteiger partial charge in [-0.25, -0.2) is 9.37 Å². The van der Waals surface area contributed by atoms with Gasteiger partial charge >= 0.3 is 0 Å². The fraction of sp³-hybridized carbons (Fsp3) is 0.222. The molecule has 0 radical (unpaired) electrons. The topological polar surface area (TPSA) is 71.8 Å². The molecule has 0 fully saturated rings. The number of anilines is 1. The summed E-state index contributed by atoms with van der Waals surface area (Å²) in [5.41, 5.74) is 4.19. The van der Waals surface area contributed by atoms with Gasteiger partial charge in [0.25, 0.3) is 0 Å². The highest BCUT2D eigenvalue weighted by atomic mass is 19.1. The molecule has 2 aromatic carbocycles. The summed E-state index contributed by atoms with van der Waals surface area (Å²) in [6, 6.07) is 17.8. The number of nitrogens with zero attached hydrogens (tertiary/aromatic N) is 3. The van der Waals surface area contributed by atoms with E-state index in [-0.39, 0.29) is 17.6 Å². The Morgan fingerprint density at radius 1 is 1.06 bits per heavy atom. The minimum atomic E-state index is -0.614. The number of benzene rings is 2. The molecule has 0 aliphatic rings. The smallest absolute Gasteiger partial charge is 0.247 e. The van der Waals surface area contributed by atoms with Crippen molar-refractivity contribution in [3.8, 4) is 11.1 Å². The number of pyridine rings is 1. The van der Waals surface area contributed by atoms with E-state index in [0.717, 1.165) is 22.3 Å². The maximum atomic E-state index is 14.4. The van der Waals surface area contributed by atoms with Crippen LogP contribution in [0.2, 0.25) is 0 Å². The first-order valence-corrected chi connectivity index (χ1v) is 11.2. The van der Waals surface area contributed by atoms with E-state index < -0.39 is 6.04 Å². The molecule has 0 aliphatic heterocycles. The van der Waals surface area contributed by atoms with Crippen LogP contribution in [0, 0.1) is 12.7 Å². The van der Waals surface area contributed by atoms with E-state index in [1.165, 1.54) is 6.07 Å². The van der Waals surface area contributed by atoms with Crippen LogP contribution >= 0.6 is 0 Å². The molecule has 0 saturated carbocycles. The maximum absolute atomic E-state index is 14.4. The number of aromatic nitrogens is 3. The van der Waals surface area contributed by atoms with E-state index in [1.807, 2.05) is 75.6 Å². The monoisotopic (exact) mass is 457 g/mol. The number of nitrogens with one attached hydrogen (secondary N) is 2. The van der Waals surface area contributed by atoms with Crippen molar-refractivity contribution < 1.29 is 9.18 Å². The molecule has 0 saturated heterocycles. The highest BCUT2D eigenvalue weighted by molar-refractivity contribution is 5.95. The molecule has 174 valence electrons. The summed E-state index contributed by atoms with van der Waals surface area (Å²) in [6.45, 7) is 4.24. The van der Waals surface area contributed by atoms with Gasteiger partial charge in [0.2, 0.25) is 5.91 Å². The molecular weight excluding hydrogens is 429 g/mol. The van der Waals surface area contributed by atoms with Crippen molar-refractivity contribution in [2.24, 2.45) is 7.05 Å². The molecule has 4 aromatic rings. The molecule has 7 heteroatoms. The molecule has 34 heavy (non-hydrogen) atoms. The third-order valence-corrected chi connectivity index (χ3v) is 5.76. The number of amides is 1. The van der Waals surface area contributed by atoms with Crippen molar-refractivity contribution in [3.63, 3.8) is 0 Å². The van der Waals surface area contributed by atoms with Crippen molar-refractivity contribution in [2.45, 2.75) is 25.8 Å². The first-order chi connectivity index (χ1) is 16.4. The van der Waals surface area contributed by atoms with Crippen molar-refractivity contribution >= 4 is 11.7 Å². The molecule has 2 aromatic heterocycles. The number of aryl methyl sites for hydroxylation is 2. The summed E-state index contributed by atoms with van der Waals surface area (Å²) < 4.78 is 16.2. The molecule has 0 bridgehead atoms. The van der Waals surface area contributed by atoms with Crippen molar-refractivity contribution in [1.29, 1.82) is 0 Å². The first kappa shape index (κ1) is 23.3.